The molecule has 1 aromatic carbocycles. The van der Waals surface area contributed by atoms with Crippen molar-refractivity contribution in [2.45, 2.75) is 13.8 Å². The number of methoxy groups -OCH3 is 1. The van der Waals surface area contributed by atoms with Crippen LogP contribution in [0.1, 0.15) is 23.1 Å². The number of rotatable bonds is 3. The van der Waals surface area contributed by atoms with Crippen LogP contribution in [0.15, 0.2) is 18.2 Å². The molecule has 0 bridgehead atoms. The summed E-state index contributed by atoms with van der Waals surface area (Å²) in [5, 5.41) is 0.762. The van der Waals surface area contributed by atoms with Gasteiger partial charge in [0.1, 0.15) is 11.3 Å². The zero-order valence-corrected chi connectivity index (χ0v) is 13.5. The molecule has 0 aliphatic rings. The molecule has 0 unspecified atom stereocenters. The first-order chi connectivity index (χ1) is 10.9. The molecule has 23 heavy (non-hydrogen) atoms. The van der Waals surface area contributed by atoms with E-state index >= 15 is 0 Å². The van der Waals surface area contributed by atoms with Gasteiger partial charge in [-0.15, -0.1) is 0 Å². The van der Waals surface area contributed by atoms with Crippen molar-refractivity contribution in [2.75, 3.05) is 7.11 Å². The molecule has 0 amide bonds. The van der Waals surface area contributed by atoms with Gasteiger partial charge in [-0.3, -0.25) is 4.79 Å². The first-order valence-electron chi connectivity index (χ1n) is 6.83. The van der Waals surface area contributed by atoms with Crippen LogP contribution in [0.5, 0.6) is 5.75 Å². The molecule has 2 heterocycles. The van der Waals surface area contributed by atoms with E-state index in [0.29, 0.717) is 11.0 Å². The third kappa shape index (κ3) is 2.55. The van der Waals surface area contributed by atoms with Crippen molar-refractivity contribution in [3.8, 4) is 17.1 Å². The van der Waals surface area contributed by atoms with Gasteiger partial charge in [-0.2, -0.15) is 0 Å². The minimum atomic E-state index is -0.669. The van der Waals surface area contributed by atoms with Crippen molar-refractivity contribution in [1.29, 1.82) is 0 Å². The van der Waals surface area contributed by atoms with Gasteiger partial charge in [-0.25, -0.2) is 14.4 Å². The number of benzene rings is 1. The average Bonchev–Trinajstić information content (AvgIpc) is 2.86. The van der Waals surface area contributed by atoms with Crippen LogP contribution >= 0.6 is 11.6 Å². The lowest BCUT2D eigenvalue weighted by atomic mass is 10.1. The number of halogens is 2. The summed E-state index contributed by atoms with van der Waals surface area (Å²) in [6.07, 6.45) is 0. The smallest absolute Gasteiger partial charge is 0.178 e. The Bertz CT molecular complexity index is 937. The van der Waals surface area contributed by atoms with Gasteiger partial charge in [0.2, 0.25) is 0 Å². The maximum absolute atomic E-state index is 14.6. The monoisotopic (exact) mass is 333 g/mol. The highest BCUT2D eigenvalue weighted by atomic mass is 35.5. The molecule has 0 saturated carbocycles. The van der Waals surface area contributed by atoms with Gasteiger partial charge in [-0.05, 0) is 25.1 Å². The van der Waals surface area contributed by atoms with Crippen LogP contribution in [-0.4, -0.2) is 27.8 Å². The van der Waals surface area contributed by atoms with E-state index < -0.39 is 5.82 Å². The molecule has 3 aromatic rings. The fourth-order valence-electron chi connectivity index (χ4n) is 2.42. The number of fused-ring (bicyclic) bond motifs is 1. The molecule has 0 atom stereocenters. The molecule has 0 aliphatic carbocycles. The summed E-state index contributed by atoms with van der Waals surface area (Å²) < 4.78 is 19.5. The van der Waals surface area contributed by atoms with Gasteiger partial charge in [0.05, 0.1) is 17.7 Å². The highest BCUT2D eigenvalue weighted by Gasteiger charge is 2.20. The van der Waals surface area contributed by atoms with Crippen molar-refractivity contribution in [1.82, 2.24) is 15.0 Å². The third-order valence-electron chi connectivity index (χ3n) is 3.45. The molecule has 0 radical (unpaired) electrons. The minimum absolute atomic E-state index is 0.0834. The van der Waals surface area contributed by atoms with Gasteiger partial charge in [-0.1, -0.05) is 11.6 Å². The van der Waals surface area contributed by atoms with E-state index in [1.165, 1.54) is 26.2 Å². The van der Waals surface area contributed by atoms with Crippen molar-refractivity contribution in [3.63, 3.8) is 0 Å². The van der Waals surface area contributed by atoms with E-state index in [2.05, 4.69) is 15.0 Å². The van der Waals surface area contributed by atoms with Crippen LogP contribution in [0.3, 0.4) is 0 Å². The van der Waals surface area contributed by atoms with Gasteiger partial charge in [0, 0.05) is 18.0 Å². The maximum atomic E-state index is 14.6. The molecule has 1 N–H and O–H groups in total. The van der Waals surface area contributed by atoms with Crippen LogP contribution in [0, 0.1) is 12.7 Å². The summed E-state index contributed by atoms with van der Waals surface area (Å²) in [5.74, 6) is -0.881. The second kappa shape index (κ2) is 5.62. The van der Waals surface area contributed by atoms with Crippen LogP contribution in [0.4, 0.5) is 4.39 Å². The lowest BCUT2D eigenvalue weighted by molar-refractivity contribution is 0.101. The van der Waals surface area contributed by atoms with E-state index in [9.17, 15) is 9.18 Å². The summed E-state index contributed by atoms with van der Waals surface area (Å²) in [6.45, 7) is 3.25. The second-order valence-corrected chi connectivity index (χ2v) is 5.52. The van der Waals surface area contributed by atoms with E-state index in [-0.39, 0.29) is 33.6 Å². The number of hydrogen-bond acceptors (Lipinski definition) is 4. The molecule has 0 spiro atoms. The Labute approximate surface area is 136 Å². The Hall–Kier alpha value is -2.47. The number of nitrogens with zero attached hydrogens (tertiary/aromatic N) is 2. The van der Waals surface area contributed by atoms with Crippen molar-refractivity contribution in [3.05, 3.63) is 40.4 Å². The molecule has 0 fully saturated rings. The number of carbonyl (C=O) groups excluding carboxylic acids is 1. The average molecular weight is 334 g/mol. The summed E-state index contributed by atoms with van der Waals surface area (Å²) in [7, 11) is 1.33. The van der Waals surface area contributed by atoms with Crippen molar-refractivity contribution < 1.29 is 13.9 Å². The molecular formula is C16H13ClFN3O2. The number of H-pyrrole nitrogens is 1. The predicted molar refractivity (Wildman–Crippen MR) is 85.6 cm³/mol. The molecule has 0 saturated heterocycles. The second-order valence-electron chi connectivity index (χ2n) is 5.11. The Morgan fingerprint density at radius 3 is 2.74 bits per heavy atom. The Kier molecular flexibility index (Phi) is 3.77. The number of ether oxygens (including phenoxy) is 1. The molecule has 118 valence electrons. The van der Waals surface area contributed by atoms with Gasteiger partial charge in [0.25, 0.3) is 0 Å². The third-order valence-corrected chi connectivity index (χ3v) is 3.75. The molecule has 5 nitrogen and oxygen atoms in total. The highest BCUT2D eigenvalue weighted by Crippen LogP contribution is 2.34. The van der Waals surface area contributed by atoms with E-state index in [0.717, 1.165) is 5.69 Å². The Morgan fingerprint density at radius 1 is 1.35 bits per heavy atom. The number of aryl methyl sites for hydroxylation is 1. The SMILES string of the molecule is COc1c(Cl)ccc(-c2nc(C(C)=O)c3cc(C)[nH]c3n2)c1F. The fourth-order valence-corrected chi connectivity index (χ4v) is 2.64. The van der Waals surface area contributed by atoms with Crippen molar-refractivity contribution >= 4 is 28.4 Å². The van der Waals surface area contributed by atoms with Crippen molar-refractivity contribution in [2.24, 2.45) is 0 Å². The van der Waals surface area contributed by atoms with Gasteiger partial charge in [0.15, 0.2) is 23.2 Å². The number of nitrogens with one attached hydrogen (secondary N) is 1. The minimum Gasteiger partial charge on any atom is -0.492 e. The summed E-state index contributed by atoms with van der Waals surface area (Å²) in [5.41, 5.74) is 1.67. The molecular weight excluding hydrogens is 321 g/mol. The maximum Gasteiger partial charge on any atom is 0.178 e. The Balaban J connectivity index is 2.31. The standard InChI is InChI=1S/C16H13ClFN3O2/c1-7-6-10-13(8(2)22)20-15(21-16(10)19-7)9-4-5-11(17)14(23-3)12(9)18/h4-6H,1-3H3,(H,19,20,21). The zero-order valence-electron chi connectivity index (χ0n) is 12.7. The molecule has 2 aromatic heterocycles. The van der Waals surface area contributed by atoms with Crippen LogP contribution in [0.25, 0.3) is 22.4 Å². The number of carbonyl (C=O) groups is 1. The number of aromatic amines is 1. The number of ketones is 1. The molecule has 7 heteroatoms. The zero-order chi connectivity index (χ0) is 16.7. The van der Waals surface area contributed by atoms with E-state index in [4.69, 9.17) is 16.3 Å². The normalized spacial score (nSPS) is 11.0. The highest BCUT2D eigenvalue weighted by molar-refractivity contribution is 6.32. The number of hydrogen-bond donors (Lipinski definition) is 1. The summed E-state index contributed by atoms with van der Waals surface area (Å²) in [6, 6.07) is 4.75. The predicted octanol–water partition coefficient (Wildman–Crippen LogP) is 3.94. The first-order valence-corrected chi connectivity index (χ1v) is 7.20. The van der Waals surface area contributed by atoms with Gasteiger partial charge < -0.3 is 9.72 Å². The van der Waals surface area contributed by atoms with E-state index in [1.807, 2.05) is 6.92 Å². The van der Waals surface area contributed by atoms with E-state index in [1.54, 1.807) is 6.07 Å². The largest absolute Gasteiger partial charge is 0.492 e. The van der Waals surface area contributed by atoms with Crippen LogP contribution in [0.2, 0.25) is 5.02 Å². The quantitative estimate of drug-likeness (QED) is 0.737. The fraction of sp³-hybridized carbons (Fsp3) is 0.188. The number of Topliss-reactive ketones (excluding diaryl/α,β-unsaturated/α-hetero) is 1. The summed E-state index contributed by atoms with van der Waals surface area (Å²) >= 11 is 5.90. The van der Waals surface area contributed by atoms with Crippen LogP contribution < -0.4 is 4.74 Å². The lowest BCUT2D eigenvalue weighted by Gasteiger charge is -2.09. The first kappa shape index (κ1) is 15.4. The van der Waals surface area contributed by atoms with Crippen LogP contribution in [-0.2, 0) is 0 Å². The summed E-state index contributed by atoms with van der Waals surface area (Å²) in [4.78, 5) is 23.5. The topological polar surface area (TPSA) is 67.9 Å². The number of aromatic nitrogens is 3. The lowest BCUT2D eigenvalue weighted by Crippen LogP contribution is -2.03. The van der Waals surface area contributed by atoms with Gasteiger partial charge >= 0.3 is 0 Å². The molecule has 0 aliphatic heterocycles. The molecule has 3 rings (SSSR count). The Morgan fingerprint density at radius 2 is 2.09 bits per heavy atom.